The number of benzene rings is 1. The highest BCUT2D eigenvalue weighted by molar-refractivity contribution is 5.86. The van der Waals surface area contributed by atoms with Crippen molar-refractivity contribution < 1.29 is 9.59 Å². The minimum Gasteiger partial charge on any atom is -0.347 e. The molecule has 0 aliphatic carbocycles. The van der Waals surface area contributed by atoms with Gasteiger partial charge in [0.2, 0.25) is 11.8 Å². The number of hydrogen-bond donors (Lipinski definition) is 0. The van der Waals surface area contributed by atoms with Crippen LogP contribution in [0.25, 0.3) is 0 Å². The second-order valence-corrected chi connectivity index (χ2v) is 7.55. The quantitative estimate of drug-likeness (QED) is 0.818. The zero-order valence-corrected chi connectivity index (χ0v) is 15.6. The van der Waals surface area contributed by atoms with Crippen LogP contribution >= 0.6 is 0 Å². The van der Waals surface area contributed by atoms with E-state index in [0.29, 0.717) is 0 Å². The fraction of sp³-hybridized carbons (Fsp3) is 0.600. The zero-order chi connectivity index (χ0) is 18.0. The smallest absolute Gasteiger partial charge is 0.241 e. The molecule has 3 saturated heterocycles. The first-order valence-corrected chi connectivity index (χ1v) is 9.28. The second kappa shape index (κ2) is 7.56. The number of amides is 2. The Kier molecular flexibility index (Phi) is 5.42. The average molecular weight is 343 g/mol. The maximum atomic E-state index is 12.8. The highest BCUT2D eigenvalue weighted by atomic mass is 16.2. The van der Waals surface area contributed by atoms with Crippen molar-refractivity contribution in [2.24, 2.45) is 5.92 Å². The van der Waals surface area contributed by atoms with E-state index in [1.807, 2.05) is 4.90 Å². The number of carbonyl (C=O) groups is 2. The van der Waals surface area contributed by atoms with E-state index in [1.54, 1.807) is 19.0 Å². The Labute approximate surface area is 150 Å². The van der Waals surface area contributed by atoms with Crippen molar-refractivity contribution in [3.05, 3.63) is 35.4 Å². The number of aryl methyl sites for hydroxylation is 1. The molecule has 0 N–H and O–H groups in total. The molecule has 0 radical (unpaired) electrons. The van der Waals surface area contributed by atoms with Gasteiger partial charge in [0, 0.05) is 39.8 Å². The van der Waals surface area contributed by atoms with E-state index < -0.39 is 0 Å². The van der Waals surface area contributed by atoms with Crippen LogP contribution in [0.5, 0.6) is 0 Å². The summed E-state index contributed by atoms with van der Waals surface area (Å²) in [6, 6.07) is 8.93. The molecule has 3 aliphatic heterocycles. The van der Waals surface area contributed by atoms with Crippen molar-refractivity contribution in [1.29, 1.82) is 0 Å². The highest BCUT2D eigenvalue weighted by Gasteiger charge is 2.41. The Morgan fingerprint density at radius 3 is 2.44 bits per heavy atom. The van der Waals surface area contributed by atoms with E-state index in [2.05, 4.69) is 36.1 Å². The zero-order valence-electron chi connectivity index (χ0n) is 15.6. The summed E-state index contributed by atoms with van der Waals surface area (Å²) < 4.78 is 0. The van der Waals surface area contributed by atoms with Crippen molar-refractivity contribution in [1.82, 2.24) is 14.7 Å². The van der Waals surface area contributed by atoms with Crippen LogP contribution in [0.2, 0.25) is 0 Å². The molecule has 0 aromatic heterocycles. The standard InChI is InChI=1S/C20H29N3O2/c1-4-15-5-7-16(8-6-15)11-22-12-17-9-10-18(13-22)23(20(17)25)14-19(24)21(2)3/h5-8,17-18H,4,9-14H2,1-3H3/t17-,18+/m1/s1. The summed E-state index contributed by atoms with van der Waals surface area (Å²) in [5.74, 6) is 0.196. The molecule has 2 amide bonds. The lowest BCUT2D eigenvalue weighted by molar-refractivity contribution is -0.145. The molecular formula is C20H29N3O2. The Hall–Kier alpha value is -1.88. The van der Waals surface area contributed by atoms with Crippen LogP contribution in [0.15, 0.2) is 24.3 Å². The number of rotatable bonds is 5. The van der Waals surface area contributed by atoms with E-state index in [1.165, 1.54) is 11.1 Å². The van der Waals surface area contributed by atoms with Gasteiger partial charge in [0.1, 0.15) is 6.54 Å². The second-order valence-electron chi connectivity index (χ2n) is 7.55. The predicted molar refractivity (Wildman–Crippen MR) is 98.0 cm³/mol. The summed E-state index contributed by atoms with van der Waals surface area (Å²) in [6.07, 6.45) is 3.00. The first-order valence-electron chi connectivity index (χ1n) is 9.28. The Balaban J connectivity index is 1.69. The van der Waals surface area contributed by atoms with E-state index >= 15 is 0 Å². The summed E-state index contributed by atoms with van der Waals surface area (Å²) in [5.41, 5.74) is 2.64. The molecule has 2 bridgehead atoms. The van der Waals surface area contributed by atoms with Gasteiger partial charge in [-0.15, -0.1) is 0 Å². The van der Waals surface area contributed by atoms with Gasteiger partial charge in [0.15, 0.2) is 0 Å². The molecule has 4 rings (SSSR count). The van der Waals surface area contributed by atoms with Gasteiger partial charge in [-0.1, -0.05) is 31.2 Å². The molecular weight excluding hydrogens is 314 g/mol. The highest BCUT2D eigenvalue weighted by Crippen LogP contribution is 2.29. The average Bonchev–Trinajstić information content (AvgIpc) is 2.87. The van der Waals surface area contributed by atoms with Gasteiger partial charge in [0.25, 0.3) is 0 Å². The number of piperidine rings is 1. The minimum absolute atomic E-state index is 0.00241. The molecule has 0 saturated carbocycles. The number of likely N-dealkylation sites (N-methyl/N-ethyl adjacent to an activating group) is 1. The molecule has 5 nitrogen and oxygen atoms in total. The largest absolute Gasteiger partial charge is 0.347 e. The minimum atomic E-state index is 0.00241. The van der Waals surface area contributed by atoms with E-state index in [0.717, 1.165) is 38.9 Å². The van der Waals surface area contributed by atoms with Crippen molar-refractivity contribution in [2.45, 2.75) is 38.8 Å². The normalized spacial score (nSPS) is 23.6. The Morgan fingerprint density at radius 1 is 1.12 bits per heavy atom. The van der Waals surface area contributed by atoms with Crippen molar-refractivity contribution >= 4 is 11.8 Å². The Bertz CT molecular complexity index is 626. The Morgan fingerprint density at radius 2 is 1.80 bits per heavy atom. The summed E-state index contributed by atoms with van der Waals surface area (Å²) in [6.45, 7) is 4.92. The molecule has 1 aromatic carbocycles. The molecule has 5 heteroatoms. The maximum Gasteiger partial charge on any atom is 0.241 e. The third kappa shape index (κ3) is 4.03. The van der Waals surface area contributed by atoms with Gasteiger partial charge in [0.05, 0.1) is 5.92 Å². The van der Waals surface area contributed by atoms with Crippen LogP contribution in [0, 0.1) is 5.92 Å². The number of hydrogen-bond acceptors (Lipinski definition) is 3. The molecule has 1 aromatic rings. The lowest BCUT2D eigenvalue weighted by Gasteiger charge is -2.36. The number of carbonyl (C=O) groups excluding carboxylic acids is 2. The molecule has 3 fully saturated rings. The molecule has 25 heavy (non-hydrogen) atoms. The molecule has 3 heterocycles. The fourth-order valence-electron chi connectivity index (χ4n) is 3.89. The third-order valence-electron chi connectivity index (χ3n) is 5.51. The van der Waals surface area contributed by atoms with Crippen LogP contribution in [-0.4, -0.2) is 66.3 Å². The van der Waals surface area contributed by atoms with Crippen LogP contribution in [0.1, 0.15) is 30.9 Å². The van der Waals surface area contributed by atoms with Crippen LogP contribution in [0.3, 0.4) is 0 Å². The van der Waals surface area contributed by atoms with Gasteiger partial charge < -0.3 is 9.80 Å². The van der Waals surface area contributed by atoms with Crippen LogP contribution in [0.4, 0.5) is 0 Å². The molecule has 2 atom stereocenters. The topological polar surface area (TPSA) is 43.9 Å². The van der Waals surface area contributed by atoms with Crippen molar-refractivity contribution in [3.8, 4) is 0 Å². The van der Waals surface area contributed by atoms with Gasteiger partial charge >= 0.3 is 0 Å². The monoisotopic (exact) mass is 343 g/mol. The lowest BCUT2D eigenvalue weighted by Crippen LogP contribution is -2.51. The SMILES string of the molecule is CCc1ccc(CN2C[C@H]3CC[C@@H](C2)N(CC(=O)N(C)C)C3=O)cc1. The van der Waals surface area contributed by atoms with Crippen LogP contribution in [-0.2, 0) is 22.6 Å². The predicted octanol–water partition coefficient (Wildman–Crippen LogP) is 1.76. The molecule has 3 aliphatic rings. The number of fused-ring (bicyclic) bond motifs is 4. The third-order valence-corrected chi connectivity index (χ3v) is 5.51. The first kappa shape index (κ1) is 17.9. The van der Waals surface area contributed by atoms with Gasteiger partial charge in [-0.2, -0.15) is 0 Å². The summed E-state index contributed by atoms with van der Waals surface area (Å²) in [5, 5.41) is 0. The van der Waals surface area contributed by atoms with Crippen molar-refractivity contribution in [2.75, 3.05) is 33.7 Å². The molecule has 0 spiro atoms. The first-order chi connectivity index (χ1) is 12.0. The summed E-state index contributed by atoms with van der Waals surface area (Å²) in [7, 11) is 3.49. The van der Waals surface area contributed by atoms with Gasteiger partial charge in [-0.05, 0) is 30.4 Å². The van der Waals surface area contributed by atoms with Gasteiger partial charge in [-0.3, -0.25) is 14.5 Å². The maximum absolute atomic E-state index is 12.8. The summed E-state index contributed by atoms with van der Waals surface area (Å²) >= 11 is 0. The van der Waals surface area contributed by atoms with E-state index in [4.69, 9.17) is 0 Å². The van der Waals surface area contributed by atoms with Crippen LogP contribution < -0.4 is 0 Å². The van der Waals surface area contributed by atoms with E-state index in [9.17, 15) is 9.59 Å². The number of nitrogens with zero attached hydrogens (tertiary/aromatic N) is 3. The van der Waals surface area contributed by atoms with Crippen molar-refractivity contribution in [3.63, 3.8) is 0 Å². The molecule has 136 valence electrons. The lowest BCUT2D eigenvalue weighted by atomic mass is 9.94. The molecule has 0 unspecified atom stereocenters. The van der Waals surface area contributed by atoms with E-state index in [-0.39, 0.29) is 30.3 Å². The fourth-order valence-corrected chi connectivity index (χ4v) is 3.89. The van der Waals surface area contributed by atoms with Gasteiger partial charge in [-0.25, -0.2) is 0 Å². The summed E-state index contributed by atoms with van der Waals surface area (Å²) in [4.78, 5) is 30.7.